The molecule has 1 aromatic carbocycles. The topological polar surface area (TPSA) is 73.6 Å². The molecular formula is C18H22N2O4. The van der Waals surface area contributed by atoms with E-state index in [0.29, 0.717) is 24.7 Å². The van der Waals surface area contributed by atoms with E-state index in [1.54, 1.807) is 6.20 Å². The van der Waals surface area contributed by atoms with Crippen LogP contribution in [0.15, 0.2) is 34.9 Å². The number of rotatable bonds is 6. The number of benzene rings is 1. The summed E-state index contributed by atoms with van der Waals surface area (Å²) < 4.78 is 11.1. The van der Waals surface area contributed by atoms with E-state index in [2.05, 4.69) is 10.5 Å². The zero-order valence-electron chi connectivity index (χ0n) is 13.8. The molecule has 0 bridgehead atoms. The van der Waals surface area contributed by atoms with Crippen LogP contribution < -0.4 is 5.48 Å². The van der Waals surface area contributed by atoms with Gasteiger partial charge in [0.2, 0.25) is 5.91 Å². The quantitative estimate of drug-likeness (QED) is 0.824. The minimum absolute atomic E-state index is 0.209. The van der Waals surface area contributed by atoms with Crippen LogP contribution in [0.4, 0.5) is 0 Å². The normalized spacial score (nSPS) is 17.6. The molecule has 0 spiro atoms. The number of carbonyl (C=O) groups excluding carboxylic acids is 1. The zero-order valence-corrected chi connectivity index (χ0v) is 13.8. The first kappa shape index (κ1) is 16.7. The molecule has 1 amide bonds. The van der Waals surface area contributed by atoms with Gasteiger partial charge in [-0.25, -0.2) is 15.3 Å². The van der Waals surface area contributed by atoms with E-state index in [9.17, 15) is 4.79 Å². The Morgan fingerprint density at radius 3 is 2.92 bits per heavy atom. The highest BCUT2D eigenvalue weighted by molar-refractivity contribution is 5.74. The summed E-state index contributed by atoms with van der Waals surface area (Å²) in [5.41, 5.74) is 4.60. The molecule has 24 heavy (non-hydrogen) atoms. The summed E-state index contributed by atoms with van der Waals surface area (Å²) >= 11 is 0. The molecule has 2 aromatic rings. The van der Waals surface area contributed by atoms with E-state index >= 15 is 0 Å². The van der Waals surface area contributed by atoms with Gasteiger partial charge in [0.25, 0.3) is 0 Å². The van der Waals surface area contributed by atoms with E-state index in [-0.39, 0.29) is 18.6 Å². The second-order valence-corrected chi connectivity index (χ2v) is 5.92. The van der Waals surface area contributed by atoms with Gasteiger partial charge in [0.15, 0.2) is 17.9 Å². The molecule has 6 nitrogen and oxygen atoms in total. The van der Waals surface area contributed by atoms with E-state index in [4.69, 9.17) is 14.0 Å². The van der Waals surface area contributed by atoms with Gasteiger partial charge in [-0.1, -0.05) is 29.8 Å². The molecule has 1 N–H and O–H groups in total. The zero-order chi connectivity index (χ0) is 16.8. The lowest BCUT2D eigenvalue weighted by Crippen LogP contribution is -2.33. The first-order chi connectivity index (χ1) is 11.7. The van der Waals surface area contributed by atoms with Gasteiger partial charge in [-0.3, -0.25) is 4.79 Å². The summed E-state index contributed by atoms with van der Waals surface area (Å²) in [4.78, 5) is 21.3. The Bertz CT molecular complexity index is 660. The highest BCUT2D eigenvalue weighted by Crippen LogP contribution is 2.21. The number of ether oxygens (including phenoxy) is 1. The first-order valence-corrected chi connectivity index (χ1v) is 8.28. The Balaban J connectivity index is 1.44. The van der Waals surface area contributed by atoms with Crippen molar-refractivity contribution in [2.24, 2.45) is 0 Å². The lowest BCUT2D eigenvalue weighted by molar-refractivity contribution is -0.200. The number of oxazole rings is 1. The number of hydroxylamine groups is 1. The number of amides is 1. The number of nitrogens with one attached hydrogen (secondary N) is 1. The molecule has 1 saturated heterocycles. The fraction of sp³-hybridized carbons (Fsp3) is 0.444. The lowest BCUT2D eigenvalue weighted by atomic mass is 10.1. The Hall–Kier alpha value is -2.18. The molecule has 128 valence electrons. The summed E-state index contributed by atoms with van der Waals surface area (Å²) in [5.74, 6) is 1.03. The maximum absolute atomic E-state index is 11.8. The molecule has 1 fully saturated rings. The molecule has 1 aliphatic heterocycles. The predicted octanol–water partition coefficient (Wildman–Crippen LogP) is 3.16. The lowest BCUT2D eigenvalue weighted by Gasteiger charge is -2.21. The molecule has 3 rings (SSSR count). The predicted molar refractivity (Wildman–Crippen MR) is 87.8 cm³/mol. The first-order valence-electron chi connectivity index (χ1n) is 8.28. The minimum Gasteiger partial charge on any atom is -0.441 e. The van der Waals surface area contributed by atoms with E-state index in [0.717, 1.165) is 24.8 Å². The average Bonchev–Trinajstić information content (AvgIpc) is 3.09. The van der Waals surface area contributed by atoms with Gasteiger partial charge in [-0.15, -0.1) is 0 Å². The molecular weight excluding hydrogens is 308 g/mol. The van der Waals surface area contributed by atoms with E-state index in [1.807, 2.05) is 31.2 Å². The van der Waals surface area contributed by atoms with Gasteiger partial charge in [0.1, 0.15) is 0 Å². The van der Waals surface area contributed by atoms with Crippen LogP contribution in [0.1, 0.15) is 37.1 Å². The largest absolute Gasteiger partial charge is 0.441 e. The van der Waals surface area contributed by atoms with E-state index in [1.165, 1.54) is 5.56 Å². The Morgan fingerprint density at radius 1 is 1.33 bits per heavy atom. The maximum atomic E-state index is 11.8. The maximum Gasteiger partial charge on any atom is 0.244 e. The standard InChI is InChI=1S/C18H22N2O4/c1-13-5-7-14(8-6-13)15-12-19-17(23-15)10-9-16(21)20-24-18-4-2-3-11-22-18/h5-8,12,18H,2-4,9-11H2,1H3,(H,20,21). The van der Waals surface area contributed by atoms with Gasteiger partial charge in [0.05, 0.1) is 6.20 Å². The van der Waals surface area contributed by atoms with Crippen molar-refractivity contribution >= 4 is 5.91 Å². The van der Waals surface area contributed by atoms with Crippen LogP contribution in [0.2, 0.25) is 0 Å². The fourth-order valence-corrected chi connectivity index (χ4v) is 2.48. The van der Waals surface area contributed by atoms with Crippen LogP contribution in [-0.2, 0) is 20.8 Å². The van der Waals surface area contributed by atoms with E-state index < -0.39 is 0 Å². The molecule has 1 aliphatic rings. The second-order valence-electron chi connectivity index (χ2n) is 5.92. The number of hydrogen-bond donors (Lipinski definition) is 1. The third-order valence-electron chi connectivity index (χ3n) is 3.90. The highest BCUT2D eigenvalue weighted by Gasteiger charge is 2.16. The summed E-state index contributed by atoms with van der Waals surface area (Å²) in [7, 11) is 0. The van der Waals surface area contributed by atoms with Gasteiger partial charge < -0.3 is 9.15 Å². The number of nitrogens with zero attached hydrogens (tertiary/aromatic N) is 1. The molecule has 1 atom stereocenters. The molecule has 1 aromatic heterocycles. The summed E-state index contributed by atoms with van der Waals surface area (Å²) in [6.45, 7) is 2.72. The molecule has 6 heteroatoms. The van der Waals surface area contributed by atoms with Crippen LogP contribution in [0, 0.1) is 6.92 Å². The van der Waals surface area contributed by atoms with Gasteiger partial charge >= 0.3 is 0 Å². The Kier molecular flexibility index (Phi) is 5.61. The van der Waals surface area contributed by atoms with Gasteiger partial charge in [-0.05, 0) is 19.8 Å². The van der Waals surface area contributed by atoms with Crippen molar-refractivity contribution in [3.05, 3.63) is 41.9 Å². The molecule has 0 aliphatic carbocycles. The van der Waals surface area contributed by atoms with Crippen molar-refractivity contribution in [3.8, 4) is 11.3 Å². The van der Waals surface area contributed by atoms with Crippen molar-refractivity contribution in [3.63, 3.8) is 0 Å². The van der Waals surface area contributed by atoms with Crippen LogP contribution in [0.5, 0.6) is 0 Å². The molecule has 1 unspecified atom stereocenters. The number of aromatic nitrogens is 1. The summed E-state index contributed by atoms with van der Waals surface area (Å²) in [6, 6.07) is 8.03. The van der Waals surface area contributed by atoms with Crippen LogP contribution >= 0.6 is 0 Å². The molecule has 2 heterocycles. The third-order valence-corrected chi connectivity index (χ3v) is 3.90. The summed E-state index contributed by atoms with van der Waals surface area (Å²) in [5, 5.41) is 0. The van der Waals surface area contributed by atoms with Crippen LogP contribution in [-0.4, -0.2) is 23.8 Å². The Morgan fingerprint density at radius 2 is 2.17 bits per heavy atom. The van der Waals surface area contributed by atoms with Crippen molar-refractivity contribution < 1.29 is 18.8 Å². The van der Waals surface area contributed by atoms with Crippen LogP contribution in [0.25, 0.3) is 11.3 Å². The summed E-state index contributed by atoms with van der Waals surface area (Å²) in [6.07, 6.45) is 4.93. The number of aryl methyl sites for hydroxylation is 2. The second kappa shape index (κ2) is 8.08. The number of hydrogen-bond acceptors (Lipinski definition) is 5. The minimum atomic E-state index is -0.336. The Labute approximate surface area is 141 Å². The van der Waals surface area contributed by atoms with Gasteiger partial charge in [0, 0.05) is 31.4 Å². The average molecular weight is 330 g/mol. The van der Waals surface area contributed by atoms with Crippen molar-refractivity contribution in [1.82, 2.24) is 10.5 Å². The third kappa shape index (κ3) is 4.66. The molecule has 0 saturated carbocycles. The highest BCUT2D eigenvalue weighted by atomic mass is 16.8. The fourth-order valence-electron chi connectivity index (χ4n) is 2.48. The van der Waals surface area contributed by atoms with Crippen molar-refractivity contribution in [1.29, 1.82) is 0 Å². The number of carbonyl (C=O) groups is 1. The van der Waals surface area contributed by atoms with Crippen molar-refractivity contribution in [2.45, 2.75) is 45.3 Å². The smallest absolute Gasteiger partial charge is 0.244 e. The van der Waals surface area contributed by atoms with Crippen molar-refractivity contribution in [2.75, 3.05) is 6.61 Å². The van der Waals surface area contributed by atoms with Gasteiger partial charge in [-0.2, -0.15) is 0 Å². The SMILES string of the molecule is Cc1ccc(-c2cnc(CCC(=O)NOC3CCCCO3)o2)cc1. The monoisotopic (exact) mass is 330 g/mol. The molecule has 0 radical (unpaired) electrons. The van der Waals surface area contributed by atoms with Crippen LogP contribution in [0.3, 0.4) is 0 Å².